The van der Waals surface area contributed by atoms with Gasteiger partial charge in [0, 0.05) is 30.2 Å². The van der Waals surface area contributed by atoms with Crippen LogP contribution in [0.15, 0.2) is 42.7 Å². The van der Waals surface area contributed by atoms with Crippen molar-refractivity contribution in [2.75, 3.05) is 12.3 Å². The summed E-state index contributed by atoms with van der Waals surface area (Å²) in [6.45, 7) is 2.84. The number of rotatable bonds is 5. The van der Waals surface area contributed by atoms with E-state index in [4.69, 9.17) is 5.73 Å². The van der Waals surface area contributed by atoms with Gasteiger partial charge in [-0.05, 0) is 30.2 Å². The third kappa shape index (κ3) is 3.63. The molecular formula is C15H17N3O. The number of benzene rings is 1. The molecule has 1 aromatic heterocycles. The number of carbonyl (C=O) groups excluding carboxylic acids is 1. The molecular weight excluding hydrogens is 238 g/mol. The van der Waals surface area contributed by atoms with Crippen LogP contribution in [0.1, 0.15) is 21.5 Å². The highest BCUT2D eigenvalue weighted by Gasteiger charge is 2.06. The molecule has 0 aliphatic heterocycles. The van der Waals surface area contributed by atoms with Crippen LogP contribution in [0.3, 0.4) is 0 Å². The summed E-state index contributed by atoms with van der Waals surface area (Å²) in [5, 5.41) is 3.10. The zero-order valence-electron chi connectivity index (χ0n) is 10.9. The standard InChI is InChI=1S/C15H17N3O/c1-11-4-5-13(7-14(11)16)15(19)10-18-9-12-3-2-6-17-8-12/h2-8,18H,9-10,16H2,1H3. The molecule has 1 aromatic carbocycles. The average Bonchev–Trinajstić information content (AvgIpc) is 2.43. The van der Waals surface area contributed by atoms with Gasteiger partial charge in [0.05, 0.1) is 6.54 Å². The minimum atomic E-state index is 0.0376. The molecule has 0 aliphatic rings. The van der Waals surface area contributed by atoms with Crippen LogP contribution in [0.2, 0.25) is 0 Å². The first-order valence-corrected chi connectivity index (χ1v) is 6.16. The Morgan fingerprint density at radius 3 is 2.89 bits per heavy atom. The number of carbonyl (C=O) groups is 1. The van der Waals surface area contributed by atoms with E-state index in [-0.39, 0.29) is 12.3 Å². The molecule has 3 N–H and O–H groups in total. The molecule has 0 saturated carbocycles. The maximum atomic E-state index is 12.0. The van der Waals surface area contributed by atoms with Gasteiger partial charge >= 0.3 is 0 Å². The molecule has 4 nitrogen and oxygen atoms in total. The van der Waals surface area contributed by atoms with E-state index in [1.807, 2.05) is 25.1 Å². The van der Waals surface area contributed by atoms with Gasteiger partial charge in [0.25, 0.3) is 0 Å². The fourth-order valence-corrected chi connectivity index (χ4v) is 1.74. The zero-order chi connectivity index (χ0) is 13.7. The largest absolute Gasteiger partial charge is 0.398 e. The highest BCUT2D eigenvalue weighted by Crippen LogP contribution is 2.13. The lowest BCUT2D eigenvalue weighted by Crippen LogP contribution is -2.22. The summed E-state index contributed by atoms with van der Waals surface area (Å²) in [7, 11) is 0. The number of nitrogens with zero attached hydrogens (tertiary/aromatic N) is 1. The molecule has 0 bridgehead atoms. The second kappa shape index (κ2) is 6.11. The second-order valence-electron chi connectivity index (χ2n) is 4.46. The number of aromatic nitrogens is 1. The van der Waals surface area contributed by atoms with Crippen molar-refractivity contribution in [2.45, 2.75) is 13.5 Å². The number of aryl methyl sites for hydroxylation is 1. The number of nitrogens with two attached hydrogens (primary N) is 1. The smallest absolute Gasteiger partial charge is 0.176 e. The number of nitrogen functional groups attached to an aromatic ring is 1. The molecule has 4 heteroatoms. The Labute approximate surface area is 112 Å². The highest BCUT2D eigenvalue weighted by atomic mass is 16.1. The molecule has 19 heavy (non-hydrogen) atoms. The van der Waals surface area contributed by atoms with Crippen LogP contribution in [0.5, 0.6) is 0 Å². The first-order chi connectivity index (χ1) is 9.16. The Morgan fingerprint density at radius 1 is 1.37 bits per heavy atom. The predicted octanol–water partition coefficient (Wildman–Crippen LogP) is 1.94. The maximum Gasteiger partial charge on any atom is 0.176 e. The van der Waals surface area contributed by atoms with Crippen LogP contribution in [-0.4, -0.2) is 17.3 Å². The van der Waals surface area contributed by atoms with Gasteiger partial charge in [-0.3, -0.25) is 9.78 Å². The topological polar surface area (TPSA) is 68.0 Å². The lowest BCUT2D eigenvalue weighted by molar-refractivity contribution is 0.0991. The Kier molecular flexibility index (Phi) is 4.26. The normalized spacial score (nSPS) is 10.4. The van der Waals surface area contributed by atoms with Gasteiger partial charge < -0.3 is 11.1 Å². The number of Topliss-reactive ketones (excluding diaryl/α,β-unsaturated/α-hetero) is 1. The molecule has 0 aliphatic carbocycles. The van der Waals surface area contributed by atoms with Gasteiger partial charge in [-0.2, -0.15) is 0 Å². The van der Waals surface area contributed by atoms with E-state index in [0.717, 1.165) is 11.1 Å². The van der Waals surface area contributed by atoms with Crippen LogP contribution >= 0.6 is 0 Å². The minimum Gasteiger partial charge on any atom is -0.398 e. The molecule has 0 radical (unpaired) electrons. The summed E-state index contributed by atoms with van der Waals surface area (Å²) < 4.78 is 0. The van der Waals surface area contributed by atoms with Crippen molar-refractivity contribution >= 4 is 11.5 Å². The van der Waals surface area contributed by atoms with Crippen LogP contribution < -0.4 is 11.1 Å². The third-order valence-electron chi connectivity index (χ3n) is 2.94. The van der Waals surface area contributed by atoms with Crippen molar-refractivity contribution in [1.82, 2.24) is 10.3 Å². The summed E-state index contributed by atoms with van der Waals surface area (Å²) in [6, 6.07) is 9.24. The average molecular weight is 255 g/mol. The molecule has 0 unspecified atom stereocenters. The Morgan fingerprint density at radius 2 is 2.21 bits per heavy atom. The molecule has 0 atom stereocenters. The quantitative estimate of drug-likeness (QED) is 0.633. The van der Waals surface area contributed by atoms with Gasteiger partial charge in [0.2, 0.25) is 0 Å². The molecule has 0 saturated heterocycles. The van der Waals surface area contributed by atoms with E-state index in [9.17, 15) is 4.79 Å². The van der Waals surface area contributed by atoms with E-state index >= 15 is 0 Å². The first kappa shape index (κ1) is 13.2. The Balaban J connectivity index is 1.89. The summed E-state index contributed by atoms with van der Waals surface area (Å²) in [4.78, 5) is 16.0. The summed E-state index contributed by atoms with van der Waals surface area (Å²) in [5.41, 5.74) is 9.13. The fraction of sp³-hybridized carbons (Fsp3) is 0.200. The van der Waals surface area contributed by atoms with Gasteiger partial charge in [-0.1, -0.05) is 18.2 Å². The van der Waals surface area contributed by atoms with Crippen molar-refractivity contribution in [3.05, 3.63) is 59.4 Å². The van der Waals surface area contributed by atoms with Gasteiger partial charge in [0.1, 0.15) is 0 Å². The predicted molar refractivity (Wildman–Crippen MR) is 75.9 cm³/mol. The lowest BCUT2D eigenvalue weighted by atomic mass is 10.1. The number of ketones is 1. The monoisotopic (exact) mass is 255 g/mol. The lowest BCUT2D eigenvalue weighted by Gasteiger charge is -2.06. The molecule has 0 spiro atoms. The van der Waals surface area contributed by atoms with Gasteiger partial charge in [-0.25, -0.2) is 0 Å². The van der Waals surface area contributed by atoms with Crippen molar-refractivity contribution in [2.24, 2.45) is 0 Å². The maximum absolute atomic E-state index is 12.0. The van der Waals surface area contributed by atoms with Crippen molar-refractivity contribution in [3.8, 4) is 0 Å². The zero-order valence-corrected chi connectivity index (χ0v) is 10.9. The van der Waals surface area contributed by atoms with Crippen molar-refractivity contribution < 1.29 is 4.79 Å². The molecule has 98 valence electrons. The number of anilines is 1. The molecule has 2 aromatic rings. The molecule has 0 fully saturated rings. The summed E-state index contributed by atoms with van der Waals surface area (Å²) in [5.74, 6) is 0.0376. The van der Waals surface area contributed by atoms with Gasteiger partial charge in [-0.15, -0.1) is 0 Å². The highest BCUT2D eigenvalue weighted by molar-refractivity contribution is 5.98. The van der Waals surface area contributed by atoms with Crippen LogP contribution in [-0.2, 0) is 6.54 Å². The van der Waals surface area contributed by atoms with Crippen LogP contribution in [0, 0.1) is 6.92 Å². The van der Waals surface area contributed by atoms with E-state index in [0.29, 0.717) is 17.8 Å². The minimum absolute atomic E-state index is 0.0376. The van der Waals surface area contributed by atoms with Crippen LogP contribution in [0.25, 0.3) is 0 Å². The van der Waals surface area contributed by atoms with Crippen LogP contribution in [0.4, 0.5) is 5.69 Å². The fourth-order valence-electron chi connectivity index (χ4n) is 1.74. The second-order valence-corrected chi connectivity index (χ2v) is 4.46. The van der Waals surface area contributed by atoms with E-state index < -0.39 is 0 Å². The molecule has 2 rings (SSSR count). The third-order valence-corrected chi connectivity index (χ3v) is 2.94. The van der Waals surface area contributed by atoms with E-state index in [1.54, 1.807) is 24.5 Å². The summed E-state index contributed by atoms with van der Waals surface area (Å²) in [6.07, 6.45) is 3.51. The van der Waals surface area contributed by atoms with E-state index in [2.05, 4.69) is 10.3 Å². The molecule has 1 heterocycles. The first-order valence-electron chi connectivity index (χ1n) is 6.16. The van der Waals surface area contributed by atoms with E-state index in [1.165, 1.54) is 0 Å². The van der Waals surface area contributed by atoms with Crippen molar-refractivity contribution in [3.63, 3.8) is 0 Å². The summed E-state index contributed by atoms with van der Waals surface area (Å²) >= 11 is 0. The number of pyridine rings is 1. The van der Waals surface area contributed by atoms with Gasteiger partial charge in [0.15, 0.2) is 5.78 Å². The SMILES string of the molecule is Cc1ccc(C(=O)CNCc2cccnc2)cc1N. The molecule has 0 amide bonds. The Hall–Kier alpha value is -2.20. The van der Waals surface area contributed by atoms with Crippen molar-refractivity contribution in [1.29, 1.82) is 0 Å². The Bertz CT molecular complexity index is 567. The number of nitrogens with one attached hydrogen (secondary N) is 1. The number of hydrogen-bond donors (Lipinski definition) is 2. The number of hydrogen-bond acceptors (Lipinski definition) is 4.